The molecule has 0 aromatic carbocycles. The van der Waals surface area contributed by atoms with Crippen molar-refractivity contribution in [1.29, 1.82) is 0 Å². The van der Waals surface area contributed by atoms with Crippen LogP contribution in [0.1, 0.15) is 162 Å². The van der Waals surface area contributed by atoms with Gasteiger partial charge in [-0.1, -0.05) is 55.4 Å². The van der Waals surface area contributed by atoms with Crippen molar-refractivity contribution >= 4 is 28.8 Å². The zero-order valence-corrected chi connectivity index (χ0v) is 40.8. The summed E-state index contributed by atoms with van der Waals surface area (Å²) < 4.78 is 55.5. The molecule has 0 radical (unpaired) electrons. The Morgan fingerprint density at radius 2 is 0.475 bits per heavy atom. The molecule has 0 saturated heterocycles. The first-order valence-electron chi connectivity index (χ1n) is 22.8. The second-order valence-electron chi connectivity index (χ2n) is 16.4. The topological polar surface area (TPSA) is 189 Å². The molecular weight excluding hydrogens is 797 g/mol. The van der Waals surface area contributed by atoms with Gasteiger partial charge in [0.15, 0.2) is 0 Å². The number of ether oxygens (including phenoxy) is 8. The van der Waals surface area contributed by atoms with Gasteiger partial charge in [-0.05, 0) is 107 Å². The van der Waals surface area contributed by atoms with E-state index in [1.165, 1.54) is 0 Å². The van der Waals surface area contributed by atoms with Gasteiger partial charge < -0.3 is 37.9 Å². The maximum absolute atomic E-state index is 6.94. The summed E-state index contributed by atoms with van der Waals surface area (Å²) in [6.45, 7) is 32.8. The number of nitrogens with zero attached hydrogens (tertiary/aromatic N) is 4. The highest BCUT2D eigenvalue weighted by molar-refractivity contribution is 7.22. The van der Waals surface area contributed by atoms with Gasteiger partial charge in [-0.2, -0.15) is 0 Å². The minimum absolute atomic E-state index is 0.245. The van der Waals surface area contributed by atoms with Gasteiger partial charge >= 0.3 is 0 Å². The monoisotopic (exact) mass is 873 g/mol. The zero-order chi connectivity index (χ0) is 45.0. The summed E-state index contributed by atoms with van der Waals surface area (Å²) in [7, 11) is -4.46. The van der Waals surface area contributed by atoms with Crippen molar-refractivity contribution < 1.29 is 37.9 Å². The number of hydrogen-bond acceptors (Lipinski definition) is 12. The first-order valence-corrected chi connectivity index (χ1v) is 24.8. The van der Waals surface area contributed by atoms with Crippen molar-refractivity contribution in [2.24, 2.45) is 0 Å². The van der Waals surface area contributed by atoms with E-state index in [0.29, 0.717) is 119 Å². The van der Waals surface area contributed by atoms with Crippen molar-refractivity contribution in [1.82, 2.24) is 40.8 Å². The molecule has 0 aliphatic rings. The Morgan fingerprint density at radius 1 is 0.311 bits per heavy atom. The number of aromatic amines is 4. The zero-order valence-electron chi connectivity index (χ0n) is 39.8. The molecule has 4 aromatic heterocycles. The Balaban J connectivity index is 2.55. The average molecular weight is 873 g/mol. The fraction of sp³-hybridized carbons (Fsp3) is 0.727. The van der Waals surface area contributed by atoms with Crippen LogP contribution < -0.4 is 58.6 Å². The van der Waals surface area contributed by atoms with Gasteiger partial charge in [0.25, 0.3) is 0 Å². The van der Waals surface area contributed by atoms with E-state index < -0.39 is 8.07 Å². The van der Waals surface area contributed by atoms with E-state index in [4.69, 9.17) is 58.3 Å². The van der Waals surface area contributed by atoms with Crippen LogP contribution in [0.25, 0.3) is 0 Å². The number of hydrogen-bond donors (Lipinski definition) is 4. The lowest BCUT2D eigenvalue weighted by molar-refractivity contribution is 0.207. The molecule has 8 atom stereocenters. The van der Waals surface area contributed by atoms with Crippen LogP contribution in [0, 0.1) is 0 Å². The van der Waals surface area contributed by atoms with Gasteiger partial charge in [-0.3, -0.25) is 0 Å². The highest BCUT2D eigenvalue weighted by atomic mass is 28.3. The van der Waals surface area contributed by atoms with Crippen molar-refractivity contribution in [3.8, 4) is 47.0 Å². The Morgan fingerprint density at radius 3 is 0.639 bits per heavy atom. The molecule has 4 N–H and O–H groups in total. The van der Waals surface area contributed by atoms with Crippen molar-refractivity contribution in [3.05, 3.63) is 0 Å². The molecular formula is C44H76N8O8Si. The van der Waals surface area contributed by atoms with E-state index >= 15 is 0 Å². The second kappa shape index (κ2) is 22.5. The second-order valence-corrected chi connectivity index (χ2v) is 19.9. The molecule has 8 unspecified atom stereocenters. The lowest BCUT2D eigenvalue weighted by atomic mass is 10.3. The van der Waals surface area contributed by atoms with Crippen molar-refractivity contribution in [3.63, 3.8) is 0 Å². The Labute approximate surface area is 364 Å². The molecule has 0 fully saturated rings. The SMILES string of the molecule is CCC(C)Oc1n[nH]c(OC(C)CC)c1[Si](c1c(OC(C)CC)n[nH]c1OC(C)CC)(c1c(OC(C)CC)n[nH]c1OC(C)CC)c1c(OC(C)CC)n[nH]c1OC(C)CC. The lowest BCUT2D eigenvalue weighted by Gasteiger charge is -2.35. The smallest absolute Gasteiger partial charge is 0.237 e. The predicted molar refractivity (Wildman–Crippen MR) is 242 cm³/mol. The Hall–Kier alpha value is -4.54. The summed E-state index contributed by atoms with van der Waals surface area (Å²) in [5, 5.41) is 35.3. The van der Waals surface area contributed by atoms with E-state index in [1.54, 1.807) is 0 Å². The maximum Gasteiger partial charge on any atom is 0.237 e. The van der Waals surface area contributed by atoms with Gasteiger partial charge in [-0.25, -0.2) is 20.4 Å². The van der Waals surface area contributed by atoms with E-state index in [9.17, 15) is 0 Å². The van der Waals surface area contributed by atoms with E-state index in [-0.39, 0.29) is 48.8 Å². The van der Waals surface area contributed by atoms with E-state index in [0.717, 1.165) is 0 Å². The van der Waals surface area contributed by atoms with Gasteiger partial charge in [0, 0.05) is 0 Å². The summed E-state index contributed by atoms with van der Waals surface area (Å²) in [5.74, 6) is 2.72. The highest BCUT2D eigenvalue weighted by Crippen LogP contribution is 2.37. The molecule has 4 rings (SSSR count). The maximum atomic E-state index is 6.94. The van der Waals surface area contributed by atoms with Crippen molar-refractivity contribution in [2.45, 2.75) is 211 Å². The van der Waals surface area contributed by atoms with E-state index in [1.807, 2.05) is 55.4 Å². The van der Waals surface area contributed by atoms with Gasteiger partial charge in [0.1, 0.15) is 0 Å². The highest BCUT2D eigenvalue weighted by Gasteiger charge is 2.61. The molecule has 17 heteroatoms. The van der Waals surface area contributed by atoms with Crippen molar-refractivity contribution in [2.75, 3.05) is 0 Å². The summed E-state index contributed by atoms with van der Waals surface area (Å²) >= 11 is 0. The first kappa shape index (κ1) is 49.1. The quantitative estimate of drug-likeness (QED) is 0.0416. The fourth-order valence-corrected chi connectivity index (χ4v) is 11.3. The minimum Gasteiger partial charge on any atom is -0.475 e. The number of H-pyrrole nitrogens is 4. The molecule has 61 heavy (non-hydrogen) atoms. The van der Waals surface area contributed by atoms with Crippen LogP contribution in [0.3, 0.4) is 0 Å². The molecule has 16 nitrogen and oxygen atoms in total. The predicted octanol–water partition coefficient (Wildman–Crippen LogP) is 7.37. The molecule has 0 spiro atoms. The van der Waals surface area contributed by atoms with Crippen LogP contribution in [-0.2, 0) is 0 Å². The fourth-order valence-electron chi connectivity index (χ4n) is 6.23. The Bertz CT molecular complexity index is 1520. The number of nitrogens with one attached hydrogen (secondary N) is 4. The van der Waals surface area contributed by atoms with Crippen LogP contribution in [0.5, 0.6) is 47.0 Å². The summed E-state index contributed by atoms with van der Waals surface area (Å²) in [5.41, 5.74) is 0. The minimum atomic E-state index is -4.46. The first-order chi connectivity index (χ1) is 29.2. The van der Waals surface area contributed by atoms with Crippen LogP contribution in [0.4, 0.5) is 0 Å². The standard InChI is InChI=1S/C44H76N8O8Si/c1-17-25(9)53-37-33(38(46-45-37)54-26(10)18-2)61(34-39(55-27(11)19-3)47-48-40(34)56-28(12)20-4,35-41(57-29(13)21-5)49-50-42(35)58-30(14)22-6)36-43(59-31(15)23-7)51-52-44(36)60-32(16)24-8/h25-32H,17-24H2,1-16H3,(H,45,46)(H,47,48)(H,49,50)(H,51,52). The van der Waals surface area contributed by atoms with Gasteiger partial charge in [0.2, 0.25) is 55.1 Å². The summed E-state index contributed by atoms with van der Waals surface area (Å²) in [6.07, 6.45) is 3.62. The van der Waals surface area contributed by atoms with Crippen LogP contribution in [0.2, 0.25) is 0 Å². The summed E-state index contributed by atoms with van der Waals surface area (Å²) in [4.78, 5) is 0. The van der Waals surface area contributed by atoms with Gasteiger partial charge in [0.05, 0.1) is 69.6 Å². The lowest BCUT2D eigenvalue weighted by Crippen LogP contribution is -2.75. The molecule has 4 aromatic rings. The third-order valence-electron chi connectivity index (χ3n) is 11.4. The number of aromatic nitrogens is 8. The van der Waals surface area contributed by atoms with E-state index in [2.05, 4.69) is 75.8 Å². The van der Waals surface area contributed by atoms with Crippen LogP contribution >= 0.6 is 0 Å². The van der Waals surface area contributed by atoms with Crippen LogP contribution in [-0.4, -0.2) is 97.7 Å². The number of rotatable bonds is 28. The molecule has 0 bridgehead atoms. The van der Waals surface area contributed by atoms with Gasteiger partial charge in [-0.15, -0.1) is 20.4 Å². The molecule has 0 aliphatic carbocycles. The third kappa shape index (κ3) is 11.1. The Kier molecular flexibility index (Phi) is 18.1. The molecule has 344 valence electrons. The molecule has 0 amide bonds. The molecule has 4 heterocycles. The normalized spacial score (nSPS) is 16.7. The largest absolute Gasteiger partial charge is 0.475 e. The third-order valence-corrected chi connectivity index (χ3v) is 16.2. The molecule has 0 aliphatic heterocycles. The summed E-state index contributed by atoms with van der Waals surface area (Å²) in [6, 6.07) is 0. The average Bonchev–Trinajstić information content (AvgIpc) is 4.05. The molecule has 0 saturated carbocycles. The van der Waals surface area contributed by atoms with Crippen LogP contribution in [0.15, 0.2) is 0 Å².